The van der Waals surface area contributed by atoms with Crippen LogP contribution in [-0.4, -0.2) is 58.0 Å². The molecule has 2 aliphatic heterocycles. The zero-order valence-electron chi connectivity index (χ0n) is 20.5. The van der Waals surface area contributed by atoms with Gasteiger partial charge in [0, 0.05) is 24.4 Å². The van der Waals surface area contributed by atoms with Gasteiger partial charge in [0.05, 0.1) is 24.7 Å². The highest BCUT2D eigenvalue weighted by molar-refractivity contribution is 5.89. The van der Waals surface area contributed by atoms with E-state index in [1.54, 1.807) is 0 Å². The fourth-order valence-corrected chi connectivity index (χ4v) is 5.88. The molecule has 192 valence electrons. The van der Waals surface area contributed by atoms with E-state index in [1.807, 2.05) is 54.6 Å². The SMILES string of the molecule is NC(=O)[C@]12C[C@@H]3O[C@H]3C(O)[C@H]1[C@@H](C(=O)NC1CCC1)N(Cc1ccccc1C#CCc1ccccc1)O2. The molecule has 6 atom stereocenters. The van der Waals surface area contributed by atoms with Crippen LogP contribution in [0.15, 0.2) is 54.6 Å². The maximum atomic E-state index is 13.6. The van der Waals surface area contributed by atoms with Crippen LogP contribution in [0.1, 0.15) is 42.4 Å². The molecule has 0 aromatic heterocycles. The number of nitrogens with one attached hydrogen (secondary N) is 1. The van der Waals surface area contributed by atoms with E-state index < -0.39 is 35.7 Å². The number of nitrogens with zero attached hydrogens (tertiary/aromatic N) is 1. The minimum Gasteiger partial charge on any atom is -0.390 e. The fraction of sp³-hybridized carbons (Fsp3) is 0.448. The van der Waals surface area contributed by atoms with Crippen molar-refractivity contribution in [1.82, 2.24) is 10.4 Å². The van der Waals surface area contributed by atoms with Gasteiger partial charge in [-0.05, 0) is 36.5 Å². The second-order valence-electron chi connectivity index (χ2n) is 10.5. The van der Waals surface area contributed by atoms with Gasteiger partial charge in [-0.15, -0.1) is 0 Å². The molecule has 2 aromatic rings. The molecule has 4 aliphatic rings. The molecule has 6 rings (SSSR count). The van der Waals surface area contributed by atoms with Gasteiger partial charge in [0.1, 0.15) is 12.1 Å². The molecular weight excluding hydrogens is 470 g/mol. The number of carbonyl (C=O) groups is 2. The first-order valence-corrected chi connectivity index (χ1v) is 13.0. The van der Waals surface area contributed by atoms with Gasteiger partial charge in [0.25, 0.3) is 5.91 Å². The second kappa shape index (κ2) is 9.58. The van der Waals surface area contributed by atoms with Crippen molar-refractivity contribution in [2.45, 2.75) is 74.6 Å². The number of fused-ring (bicyclic) bond motifs is 2. The van der Waals surface area contributed by atoms with E-state index >= 15 is 0 Å². The van der Waals surface area contributed by atoms with Crippen molar-refractivity contribution in [3.05, 3.63) is 71.3 Å². The summed E-state index contributed by atoms with van der Waals surface area (Å²) < 4.78 is 5.59. The van der Waals surface area contributed by atoms with Crippen LogP contribution in [0.3, 0.4) is 0 Å². The second-order valence-corrected chi connectivity index (χ2v) is 10.5. The maximum absolute atomic E-state index is 13.6. The van der Waals surface area contributed by atoms with Crippen LogP contribution in [0.2, 0.25) is 0 Å². The lowest BCUT2D eigenvalue weighted by Crippen LogP contribution is -2.61. The first kappa shape index (κ1) is 24.1. The summed E-state index contributed by atoms with van der Waals surface area (Å²) in [6, 6.07) is 16.9. The van der Waals surface area contributed by atoms with Crippen molar-refractivity contribution < 1.29 is 24.3 Å². The van der Waals surface area contributed by atoms with Crippen LogP contribution in [-0.2, 0) is 32.1 Å². The number of hydrogen-bond donors (Lipinski definition) is 3. The number of aliphatic hydroxyl groups is 1. The first-order chi connectivity index (χ1) is 18.0. The fourth-order valence-electron chi connectivity index (χ4n) is 5.88. The van der Waals surface area contributed by atoms with Crippen LogP contribution in [0.25, 0.3) is 0 Å². The standard InChI is InChI=1S/C29H31N3O5/c30-28(35)29-16-22-26(36-22)25(33)23(29)24(27(34)31-21-14-7-15-21)32(37-29)17-20-12-5-4-11-19(20)13-6-10-18-8-2-1-3-9-18/h1-5,8-9,11-12,21-26,33H,7,10,14-17H2,(H2,30,35)(H,31,34)/t22-,23+,24-,25?,26+,29-/m0/s1. The number of benzene rings is 2. The van der Waals surface area contributed by atoms with Crippen molar-refractivity contribution >= 4 is 11.8 Å². The summed E-state index contributed by atoms with van der Waals surface area (Å²) in [5.74, 6) is 4.71. The van der Waals surface area contributed by atoms with Crippen LogP contribution in [0, 0.1) is 17.8 Å². The first-order valence-electron chi connectivity index (χ1n) is 13.0. The molecule has 0 radical (unpaired) electrons. The molecule has 4 N–H and O–H groups in total. The van der Waals surface area contributed by atoms with Gasteiger partial charge in [-0.25, -0.2) is 0 Å². The molecule has 0 bridgehead atoms. The molecule has 2 aromatic carbocycles. The number of primary amides is 1. The Balaban J connectivity index is 1.30. The predicted octanol–water partition coefficient (Wildman–Crippen LogP) is 1.44. The third-order valence-electron chi connectivity index (χ3n) is 8.14. The van der Waals surface area contributed by atoms with Crippen molar-refractivity contribution in [2.75, 3.05) is 0 Å². The Morgan fingerprint density at radius 2 is 1.89 bits per heavy atom. The molecule has 2 aliphatic carbocycles. The van der Waals surface area contributed by atoms with E-state index in [9.17, 15) is 14.7 Å². The number of carbonyl (C=O) groups excluding carboxylic acids is 2. The van der Waals surface area contributed by atoms with Gasteiger partial charge in [-0.1, -0.05) is 60.4 Å². The van der Waals surface area contributed by atoms with E-state index in [2.05, 4.69) is 17.2 Å². The third kappa shape index (κ3) is 4.42. The normalized spacial score (nSPS) is 32.3. The minimum absolute atomic E-state index is 0.0970. The highest BCUT2D eigenvalue weighted by Gasteiger charge is 2.72. The van der Waals surface area contributed by atoms with Crippen LogP contribution in [0.5, 0.6) is 0 Å². The summed E-state index contributed by atoms with van der Waals surface area (Å²) in [4.78, 5) is 32.7. The van der Waals surface area contributed by atoms with E-state index in [-0.39, 0.29) is 31.0 Å². The minimum atomic E-state index is -1.51. The van der Waals surface area contributed by atoms with Crippen LogP contribution in [0.4, 0.5) is 0 Å². The molecule has 4 fully saturated rings. The summed E-state index contributed by atoms with van der Waals surface area (Å²) >= 11 is 0. The van der Waals surface area contributed by atoms with Crippen molar-refractivity contribution in [3.8, 4) is 11.8 Å². The predicted molar refractivity (Wildman–Crippen MR) is 134 cm³/mol. The Labute approximate surface area is 216 Å². The number of hydrogen-bond acceptors (Lipinski definition) is 6. The van der Waals surface area contributed by atoms with Gasteiger partial charge in [-0.3, -0.25) is 14.4 Å². The van der Waals surface area contributed by atoms with Gasteiger partial charge >= 0.3 is 0 Å². The number of aliphatic hydroxyl groups excluding tert-OH is 1. The average molecular weight is 502 g/mol. The topological polar surface area (TPSA) is 117 Å². The number of nitrogens with two attached hydrogens (primary N) is 1. The third-order valence-corrected chi connectivity index (χ3v) is 8.14. The number of hydroxylamine groups is 2. The lowest BCUT2D eigenvalue weighted by molar-refractivity contribution is -0.217. The number of amides is 2. The zero-order valence-corrected chi connectivity index (χ0v) is 20.5. The Hall–Kier alpha value is -3.22. The van der Waals surface area contributed by atoms with E-state index in [0.29, 0.717) is 6.42 Å². The number of rotatable bonds is 6. The Bertz CT molecular complexity index is 1250. The molecule has 8 heteroatoms. The lowest BCUT2D eigenvalue weighted by Gasteiger charge is -2.36. The molecule has 1 unspecified atom stereocenters. The van der Waals surface area contributed by atoms with Crippen LogP contribution < -0.4 is 11.1 Å². The molecule has 2 heterocycles. The van der Waals surface area contributed by atoms with Crippen molar-refractivity contribution in [2.24, 2.45) is 11.7 Å². The lowest BCUT2D eigenvalue weighted by atomic mass is 9.70. The molecule has 2 amide bonds. The molecular formula is C29H31N3O5. The van der Waals surface area contributed by atoms with Crippen LogP contribution >= 0.6 is 0 Å². The van der Waals surface area contributed by atoms with Gasteiger partial charge in [-0.2, -0.15) is 5.06 Å². The van der Waals surface area contributed by atoms with E-state index in [4.69, 9.17) is 15.3 Å². The zero-order chi connectivity index (χ0) is 25.6. The quantitative estimate of drug-likeness (QED) is 0.407. The number of ether oxygens (including phenoxy) is 1. The van der Waals surface area contributed by atoms with Gasteiger partial charge in [0.15, 0.2) is 5.60 Å². The summed E-state index contributed by atoms with van der Waals surface area (Å²) in [5.41, 5.74) is 7.18. The van der Waals surface area contributed by atoms with E-state index in [0.717, 1.165) is 36.0 Å². The Kier molecular flexibility index (Phi) is 6.25. The average Bonchev–Trinajstić information content (AvgIpc) is 3.56. The summed E-state index contributed by atoms with van der Waals surface area (Å²) in [6.07, 6.45) is 2.00. The molecule has 2 saturated carbocycles. The molecule has 37 heavy (non-hydrogen) atoms. The highest BCUT2D eigenvalue weighted by Crippen LogP contribution is 2.53. The Morgan fingerprint density at radius 1 is 1.14 bits per heavy atom. The monoisotopic (exact) mass is 501 g/mol. The molecule has 2 saturated heterocycles. The number of epoxide rings is 1. The highest BCUT2D eigenvalue weighted by atomic mass is 16.7. The largest absolute Gasteiger partial charge is 0.390 e. The van der Waals surface area contributed by atoms with Gasteiger partial charge < -0.3 is 20.9 Å². The summed E-state index contributed by atoms with van der Waals surface area (Å²) in [7, 11) is 0. The smallest absolute Gasteiger partial charge is 0.252 e. The maximum Gasteiger partial charge on any atom is 0.252 e. The van der Waals surface area contributed by atoms with Gasteiger partial charge in [0.2, 0.25) is 5.91 Å². The van der Waals surface area contributed by atoms with E-state index in [1.165, 1.54) is 5.06 Å². The summed E-state index contributed by atoms with van der Waals surface area (Å²) in [6.45, 7) is 0.216. The van der Waals surface area contributed by atoms with Crippen molar-refractivity contribution in [3.63, 3.8) is 0 Å². The molecule has 8 nitrogen and oxygen atoms in total. The van der Waals surface area contributed by atoms with Crippen molar-refractivity contribution in [1.29, 1.82) is 0 Å². The summed E-state index contributed by atoms with van der Waals surface area (Å²) in [5, 5.41) is 15.8. The molecule has 0 spiro atoms. The Morgan fingerprint density at radius 3 is 2.62 bits per heavy atom.